The number of non-ortho nitro benzene ring substituents is 1. The Morgan fingerprint density at radius 2 is 2.00 bits per heavy atom. The fourth-order valence-corrected chi connectivity index (χ4v) is 4.64. The number of piperazine rings is 1. The number of nitro benzene ring substituents is 1. The fraction of sp³-hybridized carbons (Fsp3) is 0.526. The Balaban J connectivity index is 1.28. The van der Waals surface area contributed by atoms with Crippen molar-refractivity contribution in [3.8, 4) is 0 Å². The smallest absolute Gasteiger partial charge is 0.344 e. The maximum absolute atomic E-state index is 12.7. The molecule has 1 amide bonds. The number of benzene rings is 1. The molecular formula is C19H24N6O5S. The van der Waals surface area contributed by atoms with Crippen molar-refractivity contribution in [2.45, 2.75) is 30.6 Å². The highest BCUT2D eigenvalue weighted by Crippen LogP contribution is 2.22. The number of carbonyl (C=O) groups excluding carboxylic acids is 1. The summed E-state index contributed by atoms with van der Waals surface area (Å²) in [4.78, 5) is 39.0. The Bertz CT molecular complexity index is 976. The quantitative estimate of drug-likeness (QED) is 0.379. The number of hydrogen-bond donors (Lipinski definition) is 1. The third kappa shape index (κ3) is 5.07. The summed E-state index contributed by atoms with van der Waals surface area (Å²) in [6.07, 6.45) is 1.92. The first kappa shape index (κ1) is 21.4. The number of rotatable bonds is 7. The Kier molecular flexibility index (Phi) is 6.56. The van der Waals surface area contributed by atoms with Crippen molar-refractivity contribution in [3.63, 3.8) is 0 Å². The molecule has 2 aliphatic heterocycles. The van der Waals surface area contributed by atoms with Crippen LogP contribution in [0.2, 0.25) is 0 Å². The number of nitrogens with one attached hydrogen (secondary N) is 1. The van der Waals surface area contributed by atoms with Gasteiger partial charge in [0.1, 0.15) is 0 Å². The van der Waals surface area contributed by atoms with E-state index in [9.17, 15) is 19.7 Å². The zero-order chi connectivity index (χ0) is 21.8. The number of nitro groups is 1. The number of thioether (sulfide) groups is 1. The van der Waals surface area contributed by atoms with Crippen LogP contribution >= 0.6 is 11.8 Å². The highest BCUT2D eigenvalue weighted by atomic mass is 32.2. The minimum atomic E-state index is -0.419. The summed E-state index contributed by atoms with van der Waals surface area (Å²) in [7, 11) is 0. The number of ether oxygens (including phenoxy) is 1. The lowest BCUT2D eigenvalue weighted by Crippen LogP contribution is -2.49. The molecule has 1 aromatic carbocycles. The van der Waals surface area contributed by atoms with Crippen molar-refractivity contribution < 1.29 is 14.5 Å². The first-order valence-corrected chi connectivity index (χ1v) is 11.2. The zero-order valence-electron chi connectivity index (χ0n) is 16.9. The van der Waals surface area contributed by atoms with E-state index in [2.05, 4.69) is 15.1 Å². The van der Waals surface area contributed by atoms with Crippen molar-refractivity contribution in [2.75, 3.05) is 43.4 Å². The molecule has 0 spiro atoms. The molecule has 2 aliphatic rings. The van der Waals surface area contributed by atoms with E-state index in [0.717, 1.165) is 18.5 Å². The minimum absolute atomic E-state index is 0.00698. The monoisotopic (exact) mass is 448 g/mol. The van der Waals surface area contributed by atoms with Crippen LogP contribution in [0.3, 0.4) is 0 Å². The molecule has 2 aromatic rings. The zero-order valence-corrected chi connectivity index (χ0v) is 17.8. The summed E-state index contributed by atoms with van der Waals surface area (Å²) in [6, 6.07) is 6.44. The van der Waals surface area contributed by atoms with Crippen LogP contribution in [0.5, 0.6) is 0 Å². The number of carbonyl (C=O) groups is 1. The lowest BCUT2D eigenvalue weighted by Gasteiger charge is -2.36. The van der Waals surface area contributed by atoms with Gasteiger partial charge in [0.15, 0.2) is 5.16 Å². The predicted molar refractivity (Wildman–Crippen MR) is 114 cm³/mol. The summed E-state index contributed by atoms with van der Waals surface area (Å²) in [5.41, 5.74) is 0.676. The highest BCUT2D eigenvalue weighted by Gasteiger charge is 2.24. The van der Waals surface area contributed by atoms with Crippen LogP contribution in [0.15, 0.2) is 34.2 Å². The second kappa shape index (κ2) is 9.52. The van der Waals surface area contributed by atoms with E-state index < -0.39 is 4.92 Å². The number of nitrogens with zero attached hydrogens (tertiary/aromatic N) is 5. The van der Waals surface area contributed by atoms with Gasteiger partial charge in [0.05, 0.1) is 23.3 Å². The van der Waals surface area contributed by atoms with E-state index in [1.807, 2.05) is 0 Å². The molecule has 31 heavy (non-hydrogen) atoms. The maximum Gasteiger partial charge on any atom is 0.344 e. The molecule has 1 unspecified atom stereocenters. The Morgan fingerprint density at radius 1 is 1.26 bits per heavy atom. The van der Waals surface area contributed by atoms with E-state index in [1.165, 1.54) is 23.9 Å². The first-order valence-electron chi connectivity index (χ1n) is 10.2. The molecule has 0 aliphatic carbocycles. The topological polar surface area (TPSA) is 127 Å². The number of H-pyrrole nitrogens is 1. The average Bonchev–Trinajstić information content (AvgIpc) is 3.43. The van der Waals surface area contributed by atoms with Gasteiger partial charge in [0, 0.05) is 50.6 Å². The third-order valence-corrected chi connectivity index (χ3v) is 6.48. The number of aromatic nitrogens is 3. The summed E-state index contributed by atoms with van der Waals surface area (Å²) in [5.74, 6) is 0.195. The molecule has 166 valence electrons. The molecule has 1 N–H and O–H groups in total. The van der Waals surface area contributed by atoms with Crippen LogP contribution < -0.4 is 10.6 Å². The molecule has 4 rings (SSSR count). The molecule has 11 nitrogen and oxygen atoms in total. The minimum Gasteiger partial charge on any atom is -0.376 e. The lowest BCUT2D eigenvalue weighted by atomic mass is 10.2. The number of anilines is 1. The summed E-state index contributed by atoms with van der Waals surface area (Å²) in [6.45, 7) is 3.60. The van der Waals surface area contributed by atoms with Crippen LogP contribution in [-0.4, -0.2) is 75.1 Å². The SMILES string of the molecule is O=C(CSc1n[nH]c(=O)n1CC1CCCO1)N1CCN(c2ccc([N+](=O)[O-])cc2)CC1. The van der Waals surface area contributed by atoms with Gasteiger partial charge >= 0.3 is 5.69 Å². The van der Waals surface area contributed by atoms with Crippen molar-refractivity contribution in [2.24, 2.45) is 0 Å². The van der Waals surface area contributed by atoms with E-state index >= 15 is 0 Å². The molecule has 0 saturated carbocycles. The van der Waals surface area contributed by atoms with Crippen LogP contribution in [0.4, 0.5) is 11.4 Å². The summed E-state index contributed by atoms with van der Waals surface area (Å²) in [5, 5.41) is 17.8. The second-order valence-corrected chi connectivity index (χ2v) is 8.43. The van der Waals surface area contributed by atoms with Gasteiger partial charge in [0.25, 0.3) is 5.69 Å². The van der Waals surface area contributed by atoms with Crippen LogP contribution in [0, 0.1) is 10.1 Å². The van der Waals surface area contributed by atoms with Gasteiger partial charge in [-0.15, -0.1) is 5.10 Å². The molecule has 0 radical (unpaired) electrons. The number of aromatic amines is 1. The van der Waals surface area contributed by atoms with Gasteiger partial charge in [-0.05, 0) is 25.0 Å². The Hall–Kier alpha value is -2.86. The van der Waals surface area contributed by atoms with E-state index in [1.54, 1.807) is 21.6 Å². The van der Waals surface area contributed by atoms with Crippen LogP contribution in [0.1, 0.15) is 12.8 Å². The molecular weight excluding hydrogens is 424 g/mol. The molecule has 12 heteroatoms. The van der Waals surface area contributed by atoms with Gasteiger partial charge in [-0.1, -0.05) is 11.8 Å². The van der Waals surface area contributed by atoms with E-state index in [0.29, 0.717) is 44.5 Å². The fourth-order valence-electron chi connectivity index (χ4n) is 3.78. The highest BCUT2D eigenvalue weighted by molar-refractivity contribution is 7.99. The molecule has 0 bridgehead atoms. The third-order valence-electron chi connectivity index (χ3n) is 5.52. The largest absolute Gasteiger partial charge is 0.376 e. The Labute approximate surface area is 182 Å². The second-order valence-electron chi connectivity index (χ2n) is 7.49. The van der Waals surface area contributed by atoms with Crippen molar-refractivity contribution in [1.29, 1.82) is 0 Å². The lowest BCUT2D eigenvalue weighted by molar-refractivity contribution is -0.384. The van der Waals surface area contributed by atoms with Gasteiger partial charge in [-0.3, -0.25) is 19.5 Å². The summed E-state index contributed by atoms with van der Waals surface area (Å²) >= 11 is 1.25. The van der Waals surface area contributed by atoms with Crippen LogP contribution in [-0.2, 0) is 16.1 Å². The molecule has 1 aromatic heterocycles. The number of hydrogen-bond acceptors (Lipinski definition) is 8. The normalized spacial score (nSPS) is 19.0. The van der Waals surface area contributed by atoms with Crippen LogP contribution in [0.25, 0.3) is 0 Å². The molecule has 2 fully saturated rings. The Morgan fingerprint density at radius 3 is 2.65 bits per heavy atom. The summed E-state index contributed by atoms with van der Waals surface area (Å²) < 4.78 is 7.14. The van der Waals surface area contributed by atoms with Crippen molar-refractivity contribution in [1.82, 2.24) is 19.7 Å². The molecule has 1 atom stereocenters. The van der Waals surface area contributed by atoms with Gasteiger partial charge < -0.3 is 14.5 Å². The standard InChI is InChI=1S/C19H24N6O5S/c26-17(13-31-19-21-20-18(27)24(19)12-16-2-1-11-30-16)23-9-7-22(8-10-23)14-3-5-15(6-4-14)25(28)29/h3-6,16H,1-2,7-13H2,(H,20,27). The predicted octanol–water partition coefficient (Wildman–Crippen LogP) is 1.10. The molecule has 2 saturated heterocycles. The van der Waals surface area contributed by atoms with Crippen molar-refractivity contribution >= 4 is 29.0 Å². The van der Waals surface area contributed by atoms with E-state index in [-0.39, 0.29) is 29.1 Å². The average molecular weight is 449 g/mol. The van der Waals surface area contributed by atoms with E-state index in [4.69, 9.17) is 4.74 Å². The number of amides is 1. The molecule has 3 heterocycles. The first-order chi connectivity index (χ1) is 15.0. The van der Waals surface area contributed by atoms with Gasteiger partial charge in [-0.2, -0.15) is 0 Å². The van der Waals surface area contributed by atoms with Gasteiger partial charge in [-0.25, -0.2) is 9.89 Å². The maximum atomic E-state index is 12.7. The van der Waals surface area contributed by atoms with Gasteiger partial charge in [0.2, 0.25) is 5.91 Å². The van der Waals surface area contributed by atoms with Crippen molar-refractivity contribution in [3.05, 3.63) is 44.9 Å².